The summed E-state index contributed by atoms with van der Waals surface area (Å²) in [6, 6.07) is 0. The number of nitrogens with zero attached hydrogens (tertiary/aromatic N) is 1. The number of carbonyl (C=O) groups is 1. The second kappa shape index (κ2) is 3.89. The number of likely N-dealkylation sites (tertiary alicyclic amines) is 1. The van der Waals surface area contributed by atoms with E-state index >= 15 is 0 Å². The molecule has 4 saturated carbocycles. The first-order chi connectivity index (χ1) is 9.09. The van der Waals surface area contributed by atoms with Gasteiger partial charge in [0.25, 0.3) is 0 Å². The normalized spacial score (nSPS) is 47.7. The molecule has 0 aromatic rings. The summed E-state index contributed by atoms with van der Waals surface area (Å²) < 4.78 is 6.03. The lowest BCUT2D eigenvalue weighted by Gasteiger charge is -2.49. The van der Waals surface area contributed by atoms with Gasteiger partial charge in [-0.25, -0.2) is 4.79 Å². The number of rotatable bonds is 1. The van der Waals surface area contributed by atoms with E-state index in [2.05, 4.69) is 6.92 Å². The summed E-state index contributed by atoms with van der Waals surface area (Å²) in [5, 5.41) is 0. The molecule has 0 aromatic heterocycles. The minimum absolute atomic E-state index is 0.0386. The quantitative estimate of drug-likeness (QED) is 0.723. The number of hydrogen-bond acceptors (Lipinski definition) is 2. The maximum atomic E-state index is 12.4. The smallest absolute Gasteiger partial charge is 0.410 e. The molecular weight excluding hydrogens is 238 g/mol. The molecule has 19 heavy (non-hydrogen) atoms. The maximum absolute atomic E-state index is 12.4. The van der Waals surface area contributed by atoms with Crippen molar-refractivity contribution in [1.29, 1.82) is 0 Å². The zero-order valence-corrected chi connectivity index (χ0v) is 12.0. The molecule has 2 atom stereocenters. The van der Waals surface area contributed by atoms with E-state index in [0.717, 1.165) is 38.3 Å². The summed E-state index contributed by atoms with van der Waals surface area (Å²) >= 11 is 0. The monoisotopic (exact) mass is 263 g/mol. The molecule has 1 amide bonds. The summed E-state index contributed by atoms with van der Waals surface area (Å²) in [6.45, 7) is 4.00. The van der Waals surface area contributed by atoms with Crippen LogP contribution in [0.4, 0.5) is 4.79 Å². The van der Waals surface area contributed by atoms with Gasteiger partial charge in [-0.3, -0.25) is 0 Å². The highest BCUT2D eigenvalue weighted by molar-refractivity contribution is 5.68. The Kier molecular flexibility index (Phi) is 2.47. The summed E-state index contributed by atoms with van der Waals surface area (Å²) in [6.07, 6.45) is 10.0. The van der Waals surface area contributed by atoms with Gasteiger partial charge in [0.15, 0.2) is 0 Å². The van der Waals surface area contributed by atoms with Gasteiger partial charge in [0, 0.05) is 13.1 Å². The van der Waals surface area contributed by atoms with Crippen molar-refractivity contribution in [3.05, 3.63) is 0 Å². The van der Waals surface area contributed by atoms with Crippen molar-refractivity contribution >= 4 is 6.09 Å². The van der Waals surface area contributed by atoms with Crippen LogP contribution in [0.15, 0.2) is 0 Å². The van der Waals surface area contributed by atoms with Crippen LogP contribution in [0.1, 0.15) is 58.3 Å². The minimum Gasteiger partial charge on any atom is -0.443 e. The first kappa shape index (κ1) is 12.0. The van der Waals surface area contributed by atoms with Gasteiger partial charge in [-0.1, -0.05) is 0 Å². The summed E-state index contributed by atoms with van der Waals surface area (Å²) in [4.78, 5) is 14.3. The molecule has 0 radical (unpaired) electrons. The van der Waals surface area contributed by atoms with Crippen LogP contribution in [0.5, 0.6) is 0 Å². The van der Waals surface area contributed by atoms with Crippen LogP contribution in [0.3, 0.4) is 0 Å². The van der Waals surface area contributed by atoms with Gasteiger partial charge in [-0.2, -0.15) is 0 Å². The number of carbonyl (C=O) groups excluding carboxylic acids is 1. The molecule has 5 fully saturated rings. The van der Waals surface area contributed by atoms with Crippen molar-refractivity contribution in [2.75, 3.05) is 13.1 Å². The van der Waals surface area contributed by atoms with E-state index in [1.165, 1.54) is 32.1 Å². The zero-order chi connectivity index (χ0) is 13.1. The molecule has 1 heterocycles. The molecule has 106 valence electrons. The Morgan fingerprint density at radius 3 is 2.58 bits per heavy atom. The molecule has 3 heteroatoms. The van der Waals surface area contributed by atoms with Crippen molar-refractivity contribution in [3.63, 3.8) is 0 Å². The van der Waals surface area contributed by atoms with Gasteiger partial charge >= 0.3 is 6.09 Å². The largest absolute Gasteiger partial charge is 0.443 e. The fraction of sp³-hybridized carbons (Fsp3) is 0.938. The van der Waals surface area contributed by atoms with E-state index in [4.69, 9.17) is 4.74 Å². The third-order valence-electron chi connectivity index (χ3n) is 6.26. The van der Waals surface area contributed by atoms with E-state index in [-0.39, 0.29) is 11.7 Å². The van der Waals surface area contributed by atoms with E-state index in [9.17, 15) is 4.79 Å². The van der Waals surface area contributed by atoms with Gasteiger partial charge in [0.2, 0.25) is 0 Å². The fourth-order valence-corrected chi connectivity index (χ4v) is 5.54. The highest BCUT2D eigenvalue weighted by atomic mass is 16.6. The van der Waals surface area contributed by atoms with Crippen molar-refractivity contribution < 1.29 is 9.53 Å². The number of amides is 1. The van der Waals surface area contributed by atoms with Crippen molar-refractivity contribution in [2.24, 2.45) is 17.3 Å². The molecule has 0 aromatic carbocycles. The Balaban J connectivity index is 1.45. The topological polar surface area (TPSA) is 29.5 Å². The minimum atomic E-state index is -0.167. The van der Waals surface area contributed by atoms with Crippen LogP contribution >= 0.6 is 0 Å². The average Bonchev–Trinajstić information content (AvgIpc) is 2.53. The lowest BCUT2D eigenvalue weighted by Crippen LogP contribution is -2.43. The van der Waals surface area contributed by atoms with Gasteiger partial charge < -0.3 is 9.64 Å². The molecule has 3 bridgehead atoms. The van der Waals surface area contributed by atoms with E-state index in [1.54, 1.807) is 0 Å². The van der Waals surface area contributed by atoms with Crippen LogP contribution in [-0.4, -0.2) is 29.7 Å². The summed E-state index contributed by atoms with van der Waals surface area (Å²) in [5.74, 6) is 1.57. The van der Waals surface area contributed by atoms with Gasteiger partial charge in [0.1, 0.15) is 5.60 Å². The average molecular weight is 263 g/mol. The van der Waals surface area contributed by atoms with Crippen molar-refractivity contribution in [2.45, 2.75) is 63.9 Å². The van der Waals surface area contributed by atoms with E-state index < -0.39 is 0 Å². The van der Waals surface area contributed by atoms with Crippen LogP contribution in [0, 0.1) is 17.3 Å². The molecule has 1 spiro atoms. The molecular formula is C16H25NO2. The Labute approximate surface area is 115 Å². The first-order valence-corrected chi connectivity index (χ1v) is 8.07. The summed E-state index contributed by atoms with van der Waals surface area (Å²) in [5.41, 5.74) is 0.393. The second-order valence-electron chi connectivity index (χ2n) is 7.82. The van der Waals surface area contributed by atoms with E-state index in [1.807, 2.05) is 4.90 Å². The summed E-state index contributed by atoms with van der Waals surface area (Å²) in [7, 11) is 0. The molecule has 4 aliphatic carbocycles. The molecule has 5 rings (SSSR count). The number of hydrogen-bond donors (Lipinski definition) is 0. The van der Waals surface area contributed by atoms with Crippen LogP contribution in [0.2, 0.25) is 0 Å². The molecule has 0 N–H and O–H groups in total. The SMILES string of the molecule is CC1(OC(=O)N2CCCCC2)CC23CC(CC1C2)C3. The van der Waals surface area contributed by atoms with E-state index in [0.29, 0.717) is 11.3 Å². The van der Waals surface area contributed by atoms with Gasteiger partial charge in [0.05, 0.1) is 0 Å². The van der Waals surface area contributed by atoms with Crippen LogP contribution in [0.25, 0.3) is 0 Å². The molecule has 2 unspecified atom stereocenters. The Hall–Kier alpha value is -0.730. The second-order valence-corrected chi connectivity index (χ2v) is 7.82. The van der Waals surface area contributed by atoms with Crippen molar-refractivity contribution in [3.8, 4) is 0 Å². The molecule has 3 nitrogen and oxygen atoms in total. The lowest BCUT2D eigenvalue weighted by molar-refractivity contribution is -0.0272. The zero-order valence-electron chi connectivity index (χ0n) is 12.0. The van der Waals surface area contributed by atoms with Gasteiger partial charge in [-0.15, -0.1) is 0 Å². The Bertz CT molecular complexity index is 396. The lowest BCUT2D eigenvalue weighted by atomic mass is 9.55. The molecule has 1 saturated heterocycles. The maximum Gasteiger partial charge on any atom is 0.410 e. The standard InChI is InChI=1S/C16H25NO2/c1-15(19-14(18)17-5-3-2-4-6-17)11-16-8-12(9-16)7-13(15)10-16/h12-13H,2-11H2,1H3. The molecule has 5 aliphatic rings. The molecule has 1 aliphatic heterocycles. The Morgan fingerprint density at radius 2 is 1.89 bits per heavy atom. The highest BCUT2D eigenvalue weighted by Gasteiger charge is 2.63. The highest BCUT2D eigenvalue weighted by Crippen LogP contribution is 2.69. The number of ether oxygens (including phenoxy) is 1. The van der Waals surface area contributed by atoms with Gasteiger partial charge in [-0.05, 0) is 75.5 Å². The van der Waals surface area contributed by atoms with Crippen LogP contribution < -0.4 is 0 Å². The third-order valence-corrected chi connectivity index (χ3v) is 6.26. The first-order valence-electron chi connectivity index (χ1n) is 8.07. The Morgan fingerprint density at radius 1 is 1.16 bits per heavy atom. The van der Waals surface area contributed by atoms with Crippen LogP contribution in [-0.2, 0) is 4.74 Å². The van der Waals surface area contributed by atoms with Crippen molar-refractivity contribution in [1.82, 2.24) is 4.90 Å². The fourth-order valence-electron chi connectivity index (χ4n) is 5.54. The predicted octanol–water partition coefficient (Wildman–Crippen LogP) is 3.58. The predicted molar refractivity (Wildman–Crippen MR) is 72.8 cm³/mol. The number of piperidine rings is 1. The third kappa shape index (κ3) is 1.80.